The molecule has 0 aliphatic carbocycles. The highest BCUT2D eigenvalue weighted by Crippen LogP contribution is 2.40. The fraction of sp³-hybridized carbons (Fsp3) is 0.0500. The van der Waals surface area contributed by atoms with Gasteiger partial charge in [0.2, 0.25) is 0 Å². The zero-order valence-corrected chi connectivity index (χ0v) is 14.4. The largest absolute Gasteiger partial charge is 0.333 e. The molecule has 0 spiro atoms. The lowest BCUT2D eigenvalue weighted by Gasteiger charge is -2.16. The van der Waals surface area contributed by atoms with Gasteiger partial charge in [-0.1, -0.05) is 78.0 Å². The molecule has 0 unspecified atom stereocenters. The molecule has 4 aromatic rings. The van der Waals surface area contributed by atoms with Gasteiger partial charge in [-0.3, -0.25) is 0 Å². The molecule has 0 bridgehead atoms. The summed E-state index contributed by atoms with van der Waals surface area (Å²) >= 11 is 7.77. The van der Waals surface area contributed by atoms with E-state index in [-0.39, 0.29) is 5.25 Å². The number of aromatic amines is 1. The van der Waals surface area contributed by atoms with Crippen LogP contribution in [0, 0.1) is 0 Å². The van der Waals surface area contributed by atoms with Crippen molar-refractivity contribution in [3.8, 4) is 0 Å². The molecule has 1 N–H and O–H groups in total. The highest BCUT2D eigenvalue weighted by atomic mass is 35.5. The van der Waals surface area contributed by atoms with E-state index in [1.165, 1.54) is 11.1 Å². The predicted molar refractivity (Wildman–Crippen MR) is 102 cm³/mol. The molecule has 1 heterocycles. The van der Waals surface area contributed by atoms with E-state index in [1.54, 1.807) is 11.8 Å². The van der Waals surface area contributed by atoms with Crippen LogP contribution in [0.5, 0.6) is 0 Å². The number of halogens is 1. The number of benzene rings is 3. The molecule has 0 saturated carbocycles. The summed E-state index contributed by atoms with van der Waals surface area (Å²) in [5, 5.41) is 1.82. The summed E-state index contributed by atoms with van der Waals surface area (Å²) in [5.41, 5.74) is 4.49. The summed E-state index contributed by atoms with van der Waals surface area (Å²) in [7, 11) is 0. The van der Waals surface area contributed by atoms with Crippen LogP contribution in [0.4, 0.5) is 0 Å². The van der Waals surface area contributed by atoms with Crippen LogP contribution in [-0.2, 0) is 0 Å². The first-order valence-electron chi connectivity index (χ1n) is 7.71. The van der Waals surface area contributed by atoms with E-state index in [1.807, 2.05) is 42.5 Å². The molecule has 3 aromatic carbocycles. The van der Waals surface area contributed by atoms with Crippen LogP contribution in [-0.4, -0.2) is 9.97 Å². The molecule has 4 rings (SSSR count). The molecule has 0 radical (unpaired) electrons. The van der Waals surface area contributed by atoms with Gasteiger partial charge in [0.25, 0.3) is 0 Å². The Labute approximate surface area is 149 Å². The van der Waals surface area contributed by atoms with Gasteiger partial charge in [-0.05, 0) is 35.4 Å². The number of hydrogen-bond donors (Lipinski definition) is 1. The zero-order chi connectivity index (χ0) is 16.4. The third-order valence-electron chi connectivity index (χ3n) is 3.87. The molecule has 118 valence electrons. The van der Waals surface area contributed by atoms with E-state index in [2.05, 4.69) is 41.4 Å². The van der Waals surface area contributed by atoms with Crippen LogP contribution < -0.4 is 0 Å². The minimum atomic E-state index is 0.157. The van der Waals surface area contributed by atoms with Crippen molar-refractivity contribution in [1.29, 1.82) is 0 Å². The Balaban J connectivity index is 1.73. The molecule has 0 fully saturated rings. The van der Waals surface area contributed by atoms with E-state index in [9.17, 15) is 0 Å². The van der Waals surface area contributed by atoms with Gasteiger partial charge in [-0.15, -0.1) is 0 Å². The molecule has 1 aromatic heterocycles. The van der Waals surface area contributed by atoms with Crippen LogP contribution in [0.1, 0.15) is 16.4 Å². The van der Waals surface area contributed by atoms with Crippen molar-refractivity contribution in [2.45, 2.75) is 10.4 Å². The number of H-pyrrole nitrogens is 1. The van der Waals surface area contributed by atoms with Crippen molar-refractivity contribution in [2.24, 2.45) is 0 Å². The van der Waals surface area contributed by atoms with Crippen LogP contribution >= 0.6 is 23.4 Å². The van der Waals surface area contributed by atoms with Gasteiger partial charge in [0.15, 0.2) is 5.16 Å². The second kappa shape index (κ2) is 6.71. The summed E-state index contributed by atoms with van der Waals surface area (Å²) < 4.78 is 0. The Morgan fingerprint density at radius 1 is 0.792 bits per heavy atom. The van der Waals surface area contributed by atoms with Gasteiger partial charge in [0.05, 0.1) is 16.3 Å². The maximum Gasteiger partial charge on any atom is 0.167 e. The number of fused-ring (bicyclic) bond motifs is 1. The number of rotatable bonds is 4. The lowest BCUT2D eigenvalue weighted by molar-refractivity contribution is 1.05. The van der Waals surface area contributed by atoms with Crippen molar-refractivity contribution in [2.75, 3.05) is 0 Å². The summed E-state index contributed by atoms with van der Waals surface area (Å²) in [5.74, 6) is 0. The van der Waals surface area contributed by atoms with Gasteiger partial charge >= 0.3 is 0 Å². The molecule has 24 heavy (non-hydrogen) atoms. The number of hydrogen-bond acceptors (Lipinski definition) is 2. The molecular formula is C20H15ClN2S. The van der Waals surface area contributed by atoms with Gasteiger partial charge in [-0.25, -0.2) is 4.98 Å². The molecule has 4 heteroatoms. The number of aromatic nitrogens is 2. The molecule has 0 aliphatic rings. The Kier molecular flexibility index (Phi) is 4.28. The fourth-order valence-electron chi connectivity index (χ4n) is 2.69. The number of nitrogens with zero attached hydrogens (tertiary/aromatic N) is 1. The topological polar surface area (TPSA) is 28.7 Å². The van der Waals surface area contributed by atoms with Gasteiger partial charge < -0.3 is 4.98 Å². The Morgan fingerprint density at radius 3 is 2.21 bits per heavy atom. The van der Waals surface area contributed by atoms with E-state index >= 15 is 0 Å². The summed E-state index contributed by atoms with van der Waals surface area (Å²) in [4.78, 5) is 8.11. The Bertz CT molecular complexity index is 915. The SMILES string of the molecule is Clc1ccc([C@@H](Sc2nc3ccccc3[nH]2)c2ccccc2)cc1. The molecule has 0 aliphatic heterocycles. The number of para-hydroxylation sites is 2. The summed E-state index contributed by atoms with van der Waals surface area (Å²) in [6, 6.07) is 26.6. The maximum absolute atomic E-state index is 6.05. The molecule has 1 atom stereocenters. The minimum Gasteiger partial charge on any atom is -0.333 e. The van der Waals surface area contributed by atoms with Crippen molar-refractivity contribution in [1.82, 2.24) is 9.97 Å². The third-order valence-corrected chi connectivity index (χ3v) is 5.32. The van der Waals surface area contributed by atoms with Gasteiger partial charge in [0.1, 0.15) is 0 Å². The van der Waals surface area contributed by atoms with Crippen molar-refractivity contribution in [3.63, 3.8) is 0 Å². The smallest absolute Gasteiger partial charge is 0.167 e. The van der Waals surface area contributed by atoms with Gasteiger partial charge in [-0.2, -0.15) is 0 Å². The number of nitrogens with one attached hydrogen (secondary N) is 1. The molecule has 2 nitrogen and oxygen atoms in total. The normalized spacial score (nSPS) is 12.4. The average Bonchev–Trinajstić information content (AvgIpc) is 3.04. The zero-order valence-electron chi connectivity index (χ0n) is 12.8. The van der Waals surface area contributed by atoms with Crippen molar-refractivity contribution >= 4 is 34.4 Å². The first-order chi connectivity index (χ1) is 11.8. The lowest BCUT2D eigenvalue weighted by atomic mass is 10.0. The van der Waals surface area contributed by atoms with Crippen molar-refractivity contribution < 1.29 is 0 Å². The minimum absolute atomic E-state index is 0.157. The second-order valence-electron chi connectivity index (χ2n) is 5.52. The standard InChI is InChI=1S/C20H15ClN2S/c21-16-12-10-15(11-13-16)19(14-6-2-1-3-7-14)24-20-22-17-8-4-5-9-18(17)23-20/h1-13,19H,(H,22,23)/t19-/m0/s1. The fourth-order valence-corrected chi connectivity index (χ4v) is 3.95. The Hall–Kier alpha value is -2.23. The number of thioether (sulfide) groups is 1. The van der Waals surface area contributed by atoms with E-state index in [0.717, 1.165) is 21.2 Å². The van der Waals surface area contributed by atoms with E-state index < -0.39 is 0 Å². The number of imidazole rings is 1. The predicted octanol–water partition coefficient (Wildman–Crippen LogP) is 6.10. The monoisotopic (exact) mass is 350 g/mol. The van der Waals surface area contributed by atoms with Crippen molar-refractivity contribution in [3.05, 3.63) is 95.0 Å². The summed E-state index contributed by atoms with van der Waals surface area (Å²) in [6.45, 7) is 0. The van der Waals surface area contributed by atoms with E-state index in [4.69, 9.17) is 16.6 Å². The molecular weight excluding hydrogens is 336 g/mol. The molecule has 0 saturated heterocycles. The summed E-state index contributed by atoms with van der Waals surface area (Å²) in [6.07, 6.45) is 0. The van der Waals surface area contributed by atoms with Crippen LogP contribution in [0.15, 0.2) is 84.0 Å². The highest BCUT2D eigenvalue weighted by molar-refractivity contribution is 7.99. The quantitative estimate of drug-likeness (QED) is 0.450. The second-order valence-corrected chi connectivity index (χ2v) is 7.05. The average molecular weight is 351 g/mol. The van der Waals surface area contributed by atoms with E-state index in [0.29, 0.717) is 0 Å². The van der Waals surface area contributed by atoms with Gasteiger partial charge in [0, 0.05) is 5.02 Å². The van der Waals surface area contributed by atoms with Crippen LogP contribution in [0.3, 0.4) is 0 Å². The third kappa shape index (κ3) is 3.18. The first kappa shape index (κ1) is 15.3. The lowest BCUT2D eigenvalue weighted by Crippen LogP contribution is -1.97. The van der Waals surface area contributed by atoms with Crippen LogP contribution in [0.2, 0.25) is 5.02 Å². The maximum atomic E-state index is 6.05. The Morgan fingerprint density at radius 2 is 1.46 bits per heavy atom. The van der Waals surface area contributed by atoms with Crippen LogP contribution in [0.25, 0.3) is 11.0 Å². The molecule has 0 amide bonds. The highest BCUT2D eigenvalue weighted by Gasteiger charge is 2.17. The first-order valence-corrected chi connectivity index (χ1v) is 8.97.